The average molecular weight is 290 g/mol. The highest BCUT2D eigenvalue weighted by molar-refractivity contribution is 7.88. The second kappa shape index (κ2) is 5.79. The Morgan fingerprint density at radius 3 is 2.11 bits per heavy atom. The first kappa shape index (κ1) is 16.4. The number of rotatable bonds is 3. The molecule has 0 aromatic heterocycles. The predicted octanol–water partition coefficient (Wildman–Crippen LogP) is 1.16. The smallest absolute Gasteiger partial charge is 0.225 e. The van der Waals surface area contributed by atoms with E-state index in [9.17, 15) is 13.2 Å². The molecule has 1 aliphatic rings. The van der Waals surface area contributed by atoms with Gasteiger partial charge in [0.05, 0.1) is 6.26 Å². The molecule has 5 nitrogen and oxygen atoms in total. The van der Waals surface area contributed by atoms with E-state index in [2.05, 4.69) is 20.8 Å². The third kappa shape index (κ3) is 5.10. The van der Waals surface area contributed by atoms with Gasteiger partial charge < -0.3 is 4.90 Å². The number of carbonyl (C=O) groups excluding carboxylic acids is 1. The summed E-state index contributed by atoms with van der Waals surface area (Å²) in [7, 11) is -1.29. The van der Waals surface area contributed by atoms with Crippen molar-refractivity contribution in [1.82, 2.24) is 9.21 Å². The fourth-order valence-electron chi connectivity index (χ4n) is 2.54. The van der Waals surface area contributed by atoms with Crippen LogP contribution in [0.25, 0.3) is 0 Å². The average Bonchev–Trinajstić information content (AvgIpc) is 2.24. The van der Waals surface area contributed by atoms with E-state index in [1.807, 2.05) is 7.05 Å². The molecule has 1 saturated heterocycles. The van der Waals surface area contributed by atoms with Gasteiger partial charge in [-0.25, -0.2) is 12.7 Å². The van der Waals surface area contributed by atoms with E-state index in [0.29, 0.717) is 25.9 Å². The molecule has 0 radical (unpaired) electrons. The Morgan fingerprint density at radius 1 is 1.26 bits per heavy atom. The van der Waals surface area contributed by atoms with Crippen LogP contribution < -0.4 is 0 Å². The summed E-state index contributed by atoms with van der Waals surface area (Å²) in [5, 5.41) is 0. The van der Waals surface area contributed by atoms with E-state index in [-0.39, 0.29) is 17.2 Å². The molecule has 0 spiro atoms. The minimum atomic E-state index is -3.12. The Morgan fingerprint density at radius 2 is 1.74 bits per heavy atom. The largest absolute Gasteiger partial charge is 0.345 e. The first-order valence-corrected chi connectivity index (χ1v) is 8.55. The number of sulfonamides is 1. The third-order valence-electron chi connectivity index (χ3n) is 3.36. The van der Waals surface area contributed by atoms with Crippen LogP contribution >= 0.6 is 0 Å². The number of carbonyl (C=O) groups is 1. The van der Waals surface area contributed by atoms with Gasteiger partial charge in [-0.2, -0.15) is 0 Å². The van der Waals surface area contributed by atoms with E-state index in [1.54, 1.807) is 4.90 Å². The van der Waals surface area contributed by atoms with Crippen molar-refractivity contribution in [2.45, 2.75) is 33.6 Å². The molecule has 1 fully saturated rings. The molecule has 0 bridgehead atoms. The van der Waals surface area contributed by atoms with Crippen LogP contribution in [0, 0.1) is 11.3 Å². The molecule has 0 saturated carbocycles. The van der Waals surface area contributed by atoms with Crippen LogP contribution in [0.4, 0.5) is 0 Å². The Hall–Kier alpha value is -0.620. The van der Waals surface area contributed by atoms with Crippen molar-refractivity contribution in [1.29, 1.82) is 0 Å². The van der Waals surface area contributed by atoms with Crippen LogP contribution in [0.3, 0.4) is 0 Å². The maximum absolute atomic E-state index is 12.3. The molecule has 1 aliphatic heterocycles. The van der Waals surface area contributed by atoms with Crippen molar-refractivity contribution < 1.29 is 13.2 Å². The standard InChI is InChI=1S/C13H26N2O3S/c1-13(2,3)10-14(4)12(16)11-6-8-15(9-7-11)19(5,17)18/h11H,6-10H2,1-5H3. The third-order valence-corrected chi connectivity index (χ3v) is 4.66. The summed E-state index contributed by atoms with van der Waals surface area (Å²) in [6.45, 7) is 7.93. The number of amides is 1. The monoisotopic (exact) mass is 290 g/mol. The van der Waals surface area contributed by atoms with Crippen molar-refractivity contribution >= 4 is 15.9 Å². The van der Waals surface area contributed by atoms with Gasteiger partial charge in [0.2, 0.25) is 15.9 Å². The van der Waals surface area contributed by atoms with E-state index in [1.165, 1.54) is 10.6 Å². The van der Waals surface area contributed by atoms with Crippen molar-refractivity contribution in [2.75, 3.05) is 32.9 Å². The lowest BCUT2D eigenvalue weighted by Crippen LogP contribution is -2.44. The summed E-state index contributed by atoms with van der Waals surface area (Å²) in [4.78, 5) is 14.1. The predicted molar refractivity (Wildman–Crippen MR) is 76.2 cm³/mol. The number of hydrogen-bond donors (Lipinski definition) is 0. The summed E-state index contributed by atoms with van der Waals surface area (Å²) in [5.74, 6) is 0.105. The quantitative estimate of drug-likeness (QED) is 0.784. The van der Waals surface area contributed by atoms with Crippen molar-refractivity contribution in [3.05, 3.63) is 0 Å². The maximum atomic E-state index is 12.3. The van der Waals surface area contributed by atoms with Gasteiger partial charge in [0, 0.05) is 32.6 Å². The van der Waals surface area contributed by atoms with E-state index < -0.39 is 10.0 Å². The highest BCUT2D eigenvalue weighted by atomic mass is 32.2. The Bertz CT molecular complexity index is 418. The maximum Gasteiger partial charge on any atom is 0.225 e. The second-order valence-corrected chi connectivity index (χ2v) is 8.67. The SMILES string of the molecule is CN(CC(C)(C)C)C(=O)C1CCN(S(C)(=O)=O)CC1. The highest BCUT2D eigenvalue weighted by Crippen LogP contribution is 2.22. The van der Waals surface area contributed by atoms with Crippen molar-refractivity contribution in [3.63, 3.8) is 0 Å². The second-order valence-electron chi connectivity index (χ2n) is 6.69. The molecule has 0 unspecified atom stereocenters. The van der Waals surface area contributed by atoms with E-state index in [0.717, 1.165) is 6.54 Å². The summed E-state index contributed by atoms with van der Waals surface area (Å²) < 4.78 is 24.3. The molecule has 0 N–H and O–H groups in total. The molecule has 6 heteroatoms. The Labute approximate surface area is 117 Å². The van der Waals surface area contributed by atoms with Gasteiger partial charge in [-0.1, -0.05) is 20.8 Å². The lowest BCUT2D eigenvalue weighted by molar-refractivity contribution is -0.136. The molecule has 1 heterocycles. The first-order valence-electron chi connectivity index (χ1n) is 6.71. The van der Waals surface area contributed by atoms with Gasteiger partial charge in [-0.3, -0.25) is 4.79 Å². The molecule has 0 aliphatic carbocycles. The molecule has 1 amide bonds. The minimum Gasteiger partial charge on any atom is -0.345 e. The molecule has 0 atom stereocenters. The van der Waals surface area contributed by atoms with Gasteiger partial charge in [0.25, 0.3) is 0 Å². The minimum absolute atomic E-state index is 0.0367. The van der Waals surface area contributed by atoms with Crippen LogP contribution in [-0.2, 0) is 14.8 Å². The lowest BCUT2D eigenvalue weighted by Gasteiger charge is -2.34. The molecule has 112 valence electrons. The zero-order valence-corrected chi connectivity index (χ0v) is 13.5. The number of hydrogen-bond acceptors (Lipinski definition) is 3. The zero-order valence-electron chi connectivity index (χ0n) is 12.6. The summed E-state index contributed by atoms with van der Waals surface area (Å²) in [6.07, 6.45) is 2.47. The summed E-state index contributed by atoms with van der Waals surface area (Å²) in [6, 6.07) is 0. The van der Waals surface area contributed by atoms with E-state index >= 15 is 0 Å². The molecular formula is C13H26N2O3S. The summed E-state index contributed by atoms with van der Waals surface area (Å²) >= 11 is 0. The van der Waals surface area contributed by atoms with E-state index in [4.69, 9.17) is 0 Å². The van der Waals surface area contributed by atoms with Gasteiger partial charge in [0.15, 0.2) is 0 Å². The van der Waals surface area contributed by atoms with Crippen LogP contribution in [0.5, 0.6) is 0 Å². The molecule has 0 aromatic carbocycles. The fraction of sp³-hybridized carbons (Fsp3) is 0.923. The van der Waals surface area contributed by atoms with Crippen LogP contribution in [0.2, 0.25) is 0 Å². The number of nitrogens with zero attached hydrogens (tertiary/aromatic N) is 2. The molecule has 19 heavy (non-hydrogen) atoms. The Balaban J connectivity index is 2.54. The Kier molecular flexibility index (Phi) is 5.01. The highest BCUT2D eigenvalue weighted by Gasteiger charge is 2.31. The molecule has 1 rings (SSSR count). The van der Waals surface area contributed by atoms with Crippen LogP contribution in [0.1, 0.15) is 33.6 Å². The van der Waals surface area contributed by atoms with Gasteiger partial charge in [-0.15, -0.1) is 0 Å². The van der Waals surface area contributed by atoms with Gasteiger partial charge >= 0.3 is 0 Å². The zero-order chi connectivity index (χ0) is 14.8. The van der Waals surface area contributed by atoms with Gasteiger partial charge in [0.1, 0.15) is 0 Å². The fourth-order valence-corrected chi connectivity index (χ4v) is 3.41. The topological polar surface area (TPSA) is 57.7 Å². The number of piperidine rings is 1. The van der Waals surface area contributed by atoms with Crippen LogP contribution in [-0.4, -0.2) is 56.5 Å². The molecular weight excluding hydrogens is 264 g/mol. The molecule has 0 aromatic rings. The lowest BCUT2D eigenvalue weighted by atomic mass is 9.93. The van der Waals surface area contributed by atoms with Crippen molar-refractivity contribution in [3.8, 4) is 0 Å². The first-order chi connectivity index (χ1) is 8.50. The normalized spacial score (nSPS) is 19.4. The van der Waals surface area contributed by atoms with Crippen LogP contribution in [0.15, 0.2) is 0 Å². The summed E-state index contributed by atoms with van der Waals surface area (Å²) in [5.41, 5.74) is 0.0812. The van der Waals surface area contributed by atoms with Crippen molar-refractivity contribution in [2.24, 2.45) is 11.3 Å². The van der Waals surface area contributed by atoms with Gasteiger partial charge in [-0.05, 0) is 18.3 Å².